The van der Waals surface area contributed by atoms with E-state index in [1.54, 1.807) is 30.5 Å². The molecule has 9 heteroatoms. The molecule has 0 aliphatic rings. The fourth-order valence-electron chi connectivity index (χ4n) is 2.22. The fourth-order valence-corrected chi connectivity index (χ4v) is 3.55. The number of carbonyl (C=O) groups is 1. The van der Waals surface area contributed by atoms with E-state index in [9.17, 15) is 4.79 Å². The van der Waals surface area contributed by atoms with E-state index in [4.69, 9.17) is 27.6 Å². The van der Waals surface area contributed by atoms with Gasteiger partial charge in [-0.05, 0) is 37.3 Å². The lowest BCUT2D eigenvalue weighted by atomic mass is 10.3. The first-order valence-electron chi connectivity index (χ1n) is 7.42. The molecular weight excluding hydrogens is 383 g/mol. The Morgan fingerprint density at radius 1 is 1.28 bits per heavy atom. The number of rotatable bonds is 6. The van der Waals surface area contributed by atoms with Crippen molar-refractivity contribution in [1.29, 1.82) is 0 Å². The lowest BCUT2D eigenvalue weighted by molar-refractivity contribution is -0.113. The van der Waals surface area contributed by atoms with Gasteiger partial charge in [0.2, 0.25) is 5.91 Å². The maximum atomic E-state index is 12.1. The molecule has 0 bridgehead atoms. The number of anilines is 1. The summed E-state index contributed by atoms with van der Waals surface area (Å²) in [7, 11) is 0. The van der Waals surface area contributed by atoms with Crippen LogP contribution in [0.2, 0.25) is 10.0 Å². The molecule has 25 heavy (non-hydrogen) atoms. The fraction of sp³-hybridized carbons (Fsp3) is 0.188. The van der Waals surface area contributed by atoms with Crippen LogP contribution in [-0.2, 0) is 11.3 Å². The Labute approximate surface area is 158 Å². The number of halogens is 2. The van der Waals surface area contributed by atoms with E-state index in [-0.39, 0.29) is 11.7 Å². The summed E-state index contributed by atoms with van der Waals surface area (Å²) in [4.78, 5) is 12.1. The summed E-state index contributed by atoms with van der Waals surface area (Å²) in [6.07, 6.45) is 1.58. The van der Waals surface area contributed by atoms with Crippen molar-refractivity contribution in [3.05, 3.63) is 46.6 Å². The summed E-state index contributed by atoms with van der Waals surface area (Å²) in [6, 6.07) is 8.49. The van der Waals surface area contributed by atoms with Crippen LogP contribution < -0.4 is 5.32 Å². The van der Waals surface area contributed by atoms with Gasteiger partial charge in [-0.3, -0.25) is 9.36 Å². The molecule has 0 aliphatic heterocycles. The van der Waals surface area contributed by atoms with E-state index in [2.05, 4.69) is 15.5 Å². The third kappa shape index (κ3) is 4.36. The summed E-state index contributed by atoms with van der Waals surface area (Å²) >= 11 is 13.1. The number of thioether (sulfide) groups is 1. The van der Waals surface area contributed by atoms with Gasteiger partial charge in [0.25, 0.3) is 0 Å². The molecule has 2 aromatic heterocycles. The second kappa shape index (κ2) is 7.95. The largest absolute Gasteiger partial charge is 0.461 e. The van der Waals surface area contributed by atoms with Gasteiger partial charge < -0.3 is 9.73 Å². The Kier molecular flexibility index (Phi) is 5.67. The van der Waals surface area contributed by atoms with Crippen molar-refractivity contribution in [2.24, 2.45) is 0 Å². The van der Waals surface area contributed by atoms with Crippen LogP contribution in [0.1, 0.15) is 6.92 Å². The van der Waals surface area contributed by atoms with E-state index in [0.717, 1.165) is 0 Å². The van der Waals surface area contributed by atoms with Crippen LogP contribution in [0.4, 0.5) is 5.69 Å². The van der Waals surface area contributed by atoms with Crippen molar-refractivity contribution >= 4 is 46.6 Å². The highest BCUT2D eigenvalue weighted by Crippen LogP contribution is 2.25. The molecule has 1 amide bonds. The predicted octanol–water partition coefficient (Wildman–Crippen LogP) is 4.60. The van der Waals surface area contributed by atoms with Crippen LogP contribution in [0.25, 0.3) is 11.6 Å². The van der Waals surface area contributed by atoms with Gasteiger partial charge in [-0.1, -0.05) is 35.0 Å². The van der Waals surface area contributed by atoms with Crippen LogP contribution in [0.3, 0.4) is 0 Å². The van der Waals surface area contributed by atoms with E-state index < -0.39 is 0 Å². The molecular formula is C16H14Cl2N4O2S. The highest BCUT2D eigenvalue weighted by Gasteiger charge is 2.16. The van der Waals surface area contributed by atoms with E-state index >= 15 is 0 Å². The minimum absolute atomic E-state index is 0.181. The van der Waals surface area contributed by atoms with Crippen LogP contribution in [0.15, 0.2) is 46.2 Å². The van der Waals surface area contributed by atoms with Crippen molar-refractivity contribution in [2.75, 3.05) is 11.1 Å². The standard InChI is InChI=1S/C16H14Cl2N4O2S/c1-2-22-15(13-4-3-5-24-13)20-21-16(22)25-9-14(23)19-12-7-10(17)6-11(18)8-12/h3-8H,2,9H2,1H3,(H,19,23). The minimum Gasteiger partial charge on any atom is -0.461 e. The molecule has 1 N–H and O–H groups in total. The molecule has 0 saturated carbocycles. The Morgan fingerprint density at radius 3 is 2.68 bits per heavy atom. The average molecular weight is 397 g/mol. The minimum atomic E-state index is -0.187. The maximum absolute atomic E-state index is 12.1. The van der Waals surface area contributed by atoms with Crippen LogP contribution in [-0.4, -0.2) is 26.4 Å². The monoisotopic (exact) mass is 396 g/mol. The Balaban J connectivity index is 1.66. The number of hydrogen-bond donors (Lipinski definition) is 1. The third-order valence-corrected chi connectivity index (χ3v) is 4.66. The topological polar surface area (TPSA) is 73.0 Å². The Hall–Kier alpha value is -1.96. The van der Waals surface area contributed by atoms with Crippen molar-refractivity contribution in [3.63, 3.8) is 0 Å². The molecule has 130 valence electrons. The van der Waals surface area contributed by atoms with Crippen LogP contribution in [0, 0.1) is 0 Å². The van der Waals surface area contributed by atoms with Gasteiger partial charge in [-0.25, -0.2) is 0 Å². The Bertz CT molecular complexity index is 860. The first kappa shape index (κ1) is 17.8. The third-order valence-electron chi connectivity index (χ3n) is 3.25. The molecule has 0 aliphatic carbocycles. The van der Waals surface area contributed by atoms with Gasteiger partial charge in [-0.2, -0.15) is 0 Å². The zero-order chi connectivity index (χ0) is 17.8. The second-order valence-electron chi connectivity index (χ2n) is 5.02. The number of aromatic nitrogens is 3. The maximum Gasteiger partial charge on any atom is 0.234 e. The lowest BCUT2D eigenvalue weighted by Gasteiger charge is -2.07. The van der Waals surface area contributed by atoms with Crippen LogP contribution in [0.5, 0.6) is 0 Å². The van der Waals surface area contributed by atoms with Gasteiger partial charge in [0, 0.05) is 22.3 Å². The zero-order valence-corrected chi connectivity index (χ0v) is 15.5. The summed E-state index contributed by atoms with van der Waals surface area (Å²) in [6.45, 7) is 2.64. The van der Waals surface area contributed by atoms with Gasteiger partial charge in [0.15, 0.2) is 16.7 Å². The highest BCUT2D eigenvalue weighted by molar-refractivity contribution is 7.99. The molecule has 3 aromatic rings. The molecule has 1 aromatic carbocycles. The average Bonchev–Trinajstić information content (AvgIpc) is 3.20. The highest BCUT2D eigenvalue weighted by atomic mass is 35.5. The van der Waals surface area contributed by atoms with E-state index in [1.165, 1.54) is 11.8 Å². The quantitative estimate of drug-likeness (QED) is 0.616. The Morgan fingerprint density at radius 2 is 2.04 bits per heavy atom. The number of hydrogen-bond acceptors (Lipinski definition) is 5. The first-order chi connectivity index (χ1) is 12.1. The number of nitrogens with zero attached hydrogens (tertiary/aromatic N) is 3. The molecule has 0 spiro atoms. The molecule has 0 saturated heterocycles. The van der Waals surface area contributed by atoms with Gasteiger partial charge in [0.1, 0.15) is 0 Å². The molecule has 0 radical (unpaired) electrons. The summed E-state index contributed by atoms with van der Waals surface area (Å²) in [5, 5.41) is 12.6. The van der Waals surface area contributed by atoms with Crippen molar-refractivity contribution < 1.29 is 9.21 Å². The summed E-state index contributed by atoms with van der Waals surface area (Å²) < 4.78 is 7.26. The van der Waals surface area contributed by atoms with E-state index in [0.29, 0.717) is 39.0 Å². The lowest BCUT2D eigenvalue weighted by Crippen LogP contribution is -2.14. The van der Waals surface area contributed by atoms with E-state index in [1.807, 2.05) is 17.6 Å². The molecule has 2 heterocycles. The van der Waals surface area contributed by atoms with Crippen LogP contribution >= 0.6 is 35.0 Å². The van der Waals surface area contributed by atoms with Crippen molar-refractivity contribution in [1.82, 2.24) is 14.8 Å². The normalized spacial score (nSPS) is 10.8. The summed E-state index contributed by atoms with van der Waals surface area (Å²) in [5.41, 5.74) is 0.552. The molecule has 6 nitrogen and oxygen atoms in total. The number of amides is 1. The predicted molar refractivity (Wildman–Crippen MR) is 99.2 cm³/mol. The number of carbonyl (C=O) groups excluding carboxylic acids is 1. The smallest absolute Gasteiger partial charge is 0.234 e. The molecule has 0 atom stereocenters. The molecule has 3 rings (SSSR count). The van der Waals surface area contributed by atoms with Crippen molar-refractivity contribution in [2.45, 2.75) is 18.6 Å². The molecule has 0 unspecified atom stereocenters. The number of furan rings is 1. The summed E-state index contributed by atoms with van der Waals surface area (Å²) in [5.74, 6) is 1.27. The number of benzene rings is 1. The van der Waals surface area contributed by atoms with Gasteiger partial charge in [0.05, 0.1) is 12.0 Å². The zero-order valence-electron chi connectivity index (χ0n) is 13.2. The number of nitrogens with one attached hydrogen (secondary N) is 1. The molecule has 0 fully saturated rings. The van der Waals surface area contributed by atoms with Gasteiger partial charge in [-0.15, -0.1) is 10.2 Å². The van der Waals surface area contributed by atoms with Gasteiger partial charge >= 0.3 is 0 Å². The first-order valence-corrected chi connectivity index (χ1v) is 9.16. The second-order valence-corrected chi connectivity index (χ2v) is 6.84. The van der Waals surface area contributed by atoms with Crippen molar-refractivity contribution in [3.8, 4) is 11.6 Å². The SMILES string of the molecule is CCn1c(SCC(=O)Nc2cc(Cl)cc(Cl)c2)nnc1-c1ccco1.